The molecule has 0 bridgehead atoms. The fourth-order valence-corrected chi connectivity index (χ4v) is 2.84. The van der Waals surface area contributed by atoms with Gasteiger partial charge in [-0.3, -0.25) is 4.99 Å². The molecule has 0 fully saturated rings. The molecule has 0 amide bonds. The Morgan fingerprint density at radius 3 is 2.36 bits per heavy atom. The number of H-pyrrole nitrogens is 1. The van der Waals surface area contributed by atoms with Crippen LogP contribution in [0.25, 0.3) is 10.9 Å². The van der Waals surface area contributed by atoms with Crippen LogP contribution in [0.4, 0.5) is 0 Å². The summed E-state index contributed by atoms with van der Waals surface area (Å²) >= 11 is 0. The Hall–Kier alpha value is -2.02. The zero-order chi connectivity index (χ0) is 16.6. The van der Waals surface area contributed by atoms with Crippen molar-refractivity contribution in [3.63, 3.8) is 0 Å². The lowest BCUT2D eigenvalue weighted by molar-refractivity contribution is 0.785. The molecule has 0 saturated heterocycles. The van der Waals surface area contributed by atoms with Crippen LogP contribution < -0.4 is 10.6 Å². The van der Waals surface area contributed by atoms with E-state index in [0.717, 1.165) is 31.9 Å². The molecule has 4 nitrogen and oxygen atoms in total. The maximum Gasteiger partial charge on any atom is 0.190 e. The largest absolute Gasteiger partial charge is 0.361 e. The third-order valence-electron chi connectivity index (χ3n) is 4.13. The Labute approximate surface area is 166 Å². The number of aliphatic imine (C=N–C) groups is 1. The summed E-state index contributed by atoms with van der Waals surface area (Å²) in [7, 11) is 1.81. The number of hydrogen-bond acceptors (Lipinski definition) is 1. The lowest BCUT2D eigenvalue weighted by atomic mass is 10.1. The molecule has 3 aromatic rings. The highest BCUT2D eigenvalue weighted by Crippen LogP contribution is 2.17. The number of rotatable bonds is 6. The van der Waals surface area contributed by atoms with Gasteiger partial charge in [0.25, 0.3) is 0 Å². The van der Waals surface area contributed by atoms with Crippen molar-refractivity contribution in [3.8, 4) is 0 Å². The number of halogens is 1. The number of para-hydroxylation sites is 1. The van der Waals surface area contributed by atoms with Gasteiger partial charge in [-0.25, -0.2) is 0 Å². The summed E-state index contributed by atoms with van der Waals surface area (Å²) in [6, 6.07) is 18.9. The predicted octanol–water partition coefficient (Wildman–Crippen LogP) is 3.74. The molecule has 1 aromatic heterocycles. The van der Waals surface area contributed by atoms with E-state index in [1.807, 2.05) is 13.1 Å². The topological polar surface area (TPSA) is 52.2 Å². The minimum absolute atomic E-state index is 0. The van der Waals surface area contributed by atoms with E-state index in [1.165, 1.54) is 22.0 Å². The lowest BCUT2D eigenvalue weighted by Crippen LogP contribution is -2.39. The average molecular weight is 448 g/mol. The summed E-state index contributed by atoms with van der Waals surface area (Å²) in [4.78, 5) is 7.61. The first-order chi connectivity index (χ1) is 11.9. The van der Waals surface area contributed by atoms with Crippen molar-refractivity contribution in [1.29, 1.82) is 0 Å². The summed E-state index contributed by atoms with van der Waals surface area (Å²) in [5.41, 5.74) is 3.86. The van der Waals surface area contributed by atoms with Gasteiger partial charge in [0.05, 0.1) is 0 Å². The molecule has 0 saturated carbocycles. The number of aromatic amines is 1. The number of aromatic nitrogens is 1. The van der Waals surface area contributed by atoms with E-state index in [9.17, 15) is 0 Å². The van der Waals surface area contributed by atoms with Crippen LogP contribution >= 0.6 is 24.0 Å². The van der Waals surface area contributed by atoms with Gasteiger partial charge in [-0.05, 0) is 30.0 Å². The predicted molar refractivity (Wildman–Crippen MR) is 117 cm³/mol. The van der Waals surface area contributed by atoms with E-state index in [-0.39, 0.29) is 24.0 Å². The SMILES string of the molecule is CN=C(NCCc1ccccc1)NCCc1c[nH]c2ccccc12.I. The highest BCUT2D eigenvalue weighted by atomic mass is 127. The van der Waals surface area contributed by atoms with Gasteiger partial charge in [-0.15, -0.1) is 24.0 Å². The highest BCUT2D eigenvalue weighted by Gasteiger charge is 2.03. The second kappa shape index (κ2) is 10.1. The van der Waals surface area contributed by atoms with Gasteiger partial charge in [0.2, 0.25) is 0 Å². The number of nitrogens with one attached hydrogen (secondary N) is 3. The van der Waals surface area contributed by atoms with Gasteiger partial charge in [-0.1, -0.05) is 48.5 Å². The smallest absolute Gasteiger partial charge is 0.190 e. The van der Waals surface area contributed by atoms with Crippen LogP contribution in [-0.2, 0) is 12.8 Å². The molecule has 0 atom stereocenters. The van der Waals surface area contributed by atoms with Crippen LogP contribution in [0.15, 0.2) is 65.8 Å². The van der Waals surface area contributed by atoms with Crippen LogP contribution in [0.3, 0.4) is 0 Å². The van der Waals surface area contributed by atoms with Gasteiger partial charge in [0.1, 0.15) is 0 Å². The second-order valence-electron chi connectivity index (χ2n) is 5.77. The van der Waals surface area contributed by atoms with E-state index in [4.69, 9.17) is 0 Å². The Balaban J connectivity index is 0.00000225. The molecular formula is C20H25IN4. The van der Waals surface area contributed by atoms with Gasteiger partial charge in [0.15, 0.2) is 5.96 Å². The third-order valence-corrected chi connectivity index (χ3v) is 4.13. The summed E-state index contributed by atoms with van der Waals surface area (Å²) in [6.07, 6.45) is 4.05. The van der Waals surface area contributed by atoms with Gasteiger partial charge >= 0.3 is 0 Å². The molecule has 132 valence electrons. The van der Waals surface area contributed by atoms with Gasteiger partial charge in [0, 0.05) is 37.2 Å². The molecular weight excluding hydrogens is 423 g/mol. The van der Waals surface area contributed by atoms with E-state index in [1.54, 1.807) is 0 Å². The minimum Gasteiger partial charge on any atom is -0.361 e. The molecule has 1 heterocycles. The fraction of sp³-hybridized carbons (Fsp3) is 0.250. The molecule has 2 aromatic carbocycles. The van der Waals surface area contributed by atoms with Crippen LogP contribution in [0.2, 0.25) is 0 Å². The van der Waals surface area contributed by atoms with Crippen molar-refractivity contribution in [3.05, 3.63) is 71.9 Å². The van der Waals surface area contributed by atoms with Crippen molar-refractivity contribution in [2.75, 3.05) is 20.1 Å². The van der Waals surface area contributed by atoms with Crippen molar-refractivity contribution in [1.82, 2.24) is 15.6 Å². The van der Waals surface area contributed by atoms with E-state index in [0.29, 0.717) is 0 Å². The number of nitrogens with zero attached hydrogens (tertiary/aromatic N) is 1. The maximum atomic E-state index is 4.29. The minimum atomic E-state index is 0. The average Bonchev–Trinajstić information content (AvgIpc) is 3.04. The number of hydrogen-bond donors (Lipinski definition) is 3. The second-order valence-corrected chi connectivity index (χ2v) is 5.77. The first-order valence-corrected chi connectivity index (χ1v) is 8.40. The summed E-state index contributed by atoms with van der Waals surface area (Å²) in [6.45, 7) is 1.73. The summed E-state index contributed by atoms with van der Waals surface area (Å²) in [5, 5.41) is 8.05. The van der Waals surface area contributed by atoms with Gasteiger partial charge in [-0.2, -0.15) is 0 Å². The summed E-state index contributed by atoms with van der Waals surface area (Å²) < 4.78 is 0. The van der Waals surface area contributed by atoms with Crippen LogP contribution in [0, 0.1) is 0 Å². The van der Waals surface area contributed by atoms with Crippen LogP contribution in [0.1, 0.15) is 11.1 Å². The van der Waals surface area contributed by atoms with Gasteiger partial charge < -0.3 is 15.6 Å². The first-order valence-electron chi connectivity index (χ1n) is 8.40. The van der Waals surface area contributed by atoms with E-state index in [2.05, 4.69) is 75.3 Å². The van der Waals surface area contributed by atoms with E-state index < -0.39 is 0 Å². The van der Waals surface area contributed by atoms with Crippen molar-refractivity contribution in [2.45, 2.75) is 12.8 Å². The molecule has 25 heavy (non-hydrogen) atoms. The quantitative estimate of drug-likeness (QED) is 0.306. The number of fused-ring (bicyclic) bond motifs is 1. The third kappa shape index (κ3) is 5.49. The van der Waals surface area contributed by atoms with Crippen molar-refractivity contribution >= 4 is 40.8 Å². The van der Waals surface area contributed by atoms with Crippen molar-refractivity contribution < 1.29 is 0 Å². The number of benzene rings is 2. The molecule has 3 rings (SSSR count). The first kappa shape index (κ1) is 19.3. The normalized spacial score (nSPS) is 11.2. The Morgan fingerprint density at radius 2 is 1.60 bits per heavy atom. The molecule has 0 spiro atoms. The molecule has 3 N–H and O–H groups in total. The molecule has 0 aliphatic carbocycles. The molecule has 0 radical (unpaired) electrons. The fourth-order valence-electron chi connectivity index (χ4n) is 2.84. The Bertz CT molecular complexity index is 796. The van der Waals surface area contributed by atoms with E-state index >= 15 is 0 Å². The van der Waals surface area contributed by atoms with Crippen LogP contribution in [0.5, 0.6) is 0 Å². The lowest BCUT2D eigenvalue weighted by Gasteiger charge is -2.11. The monoisotopic (exact) mass is 448 g/mol. The van der Waals surface area contributed by atoms with Crippen LogP contribution in [-0.4, -0.2) is 31.1 Å². The Kier molecular flexibility index (Phi) is 7.78. The standard InChI is InChI=1S/C20H24N4.HI/c1-21-20(22-13-11-16-7-3-2-4-8-16)23-14-12-17-15-24-19-10-6-5-9-18(17)19;/h2-10,15,24H,11-14H2,1H3,(H2,21,22,23);1H. The van der Waals surface area contributed by atoms with Crippen molar-refractivity contribution in [2.24, 2.45) is 4.99 Å². The molecule has 0 unspecified atom stereocenters. The highest BCUT2D eigenvalue weighted by molar-refractivity contribution is 14.0. The molecule has 0 aliphatic heterocycles. The zero-order valence-electron chi connectivity index (χ0n) is 14.5. The Morgan fingerprint density at radius 1 is 0.920 bits per heavy atom. The zero-order valence-corrected chi connectivity index (χ0v) is 16.8. The summed E-state index contributed by atoms with van der Waals surface area (Å²) in [5.74, 6) is 0.853. The maximum absolute atomic E-state index is 4.29. The molecule has 5 heteroatoms. The molecule has 0 aliphatic rings. The number of guanidine groups is 1.